The number of hydrogen-bond donors (Lipinski definition) is 11. The normalized spacial score (nSPS) is 28.9. The van der Waals surface area contributed by atoms with Crippen LogP contribution in [0.3, 0.4) is 0 Å². The average molecular weight is 1050 g/mol. The number of rotatable bonds is 14. The van der Waals surface area contributed by atoms with Crippen LogP contribution in [0.5, 0.6) is 0 Å². The quantitative estimate of drug-likeness (QED) is 0.113. The van der Waals surface area contributed by atoms with E-state index < -0.39 is 132 Å². The van der Waals surface area contributed by atoms with Crippen molar-refractivity contribution in [2.45, 2.75) is 193 Å². The van der Waals surface area contributed by atoms with Crippen molar-refractivity contribution in [1.29, 1.82) is 0 Å². The second kappa shape index (κ2) is 30.1. The number of nitrogens with two attached hydrogens (primary N) is 2. The minimum absolute atomic E-state index is 0.0304. The predicted molar refractivity (Wildman–Crippen MR) is 280 cm³/mol. The van der Waals surface area contributed by atoms with Gasteiger partial charge < -0.3 is 68.7 Å². The first-order valence-corrected chi connectivity index (χ1v) is 27.0. The maximum Gasteiger partial charge on any atom is 0.252 e. The van der Waals surface area contributed by atoms with Gasteiger partial charge in [0, 0.05) is 19.5 Å². The van der Waals surface area contributed by atoms with Crippen molar-refractivity contribution in [1.82, 2.24) is 47.4 Å². The highest BCUT2D eigenvalue weighted by atomic mass is 16.5. The summed E-state index contributed by atoms with van der Waals surface area (Å²) in [5.74, 6) is -7.12. The van der Waals surface area contributed by atoms with E-state index in [-0.39, 0.29) is 89.4 Å². The molecule has 0 aromatic heterocycles. The molecular formula is C53H87N11O11. The minimum Gasteiger partial charge on any atom is -0.390 e. The van der Waals surface area contributed by atoms with Gasteiger partial charge in [-0.3, -0.25) is 43.2 Å². The van der Waals surface area contributed by atoms with Gasteiger partial charge in [-0.1, -0.05) is 85.7 Å². The highest BCUT2D eigenvalue weighted by Gasteiger charge is 2.42. The Balaban J connectivity index is 1.77. The molecule has 22 nitrogen and oxygen atoms in total. The van der Waals surface area contributed by atoms with E-state index in [4.69, 9.17) is 16.2 Å². The average Bonchev–Trinajstić information content (AvgIpc) is 3.86. The molecule has 0 radical (unpaired) electrons. The van der Waals surface area contributed by atoms with Crippen LogP contribution in [0.25, 0.3) is 0 Å². The van der Waals surface area contributed by atoms with Crippen molar-refractivity contribution in [3.8, 4) is 0 Å². The molecule has 1 aromatic carbocycles. The molecule has 420 valence electrons. The topological polar surface area (TPSA) is 335 Å². The van der Waals surface area contributed by atoms with Gasteiger partial charge in [0.15, 0.2) is 6.10 Å². The van der Waals surface area contributed by atoms with Gasteiger partial charge >= 0.3 is 0 Å². The number of benzene rings is 1. The lowest BCUT2D eigenvalue weighted by molar-refractivity contribution is -0.159. The van der Waals surface area contributed by atoms with Crippen LogP contribution in [-0.2, 0) is 54.3 Å². The summed E-state index contributed by atoms with van der Waals surface area (Å²) >= 11 is 0. The van der Waals surface area contributed by atoms with Crippen LogP contribution in [-0.4, -0.2) is 156 Å². The molecule has 4 rings (SSSR count). The molecule has 22 heteroatoms. The molecule has 3 heterocycles. The summed E-state index contributed by atoms with van der Waals surface area (Å²) in [5.41, 5.74) is 12.4. The first-order chi connectivity index (χ1) is 35.5. The molecule has 75 heavy (non-hydrogen) atoms. The highest BCUT2D eigenvalue weighted by molar-refractivity contribution is 5.98. The monoisotopic (exact) mass is 1050 g/mol. The maximum absolute atomic E-state index is 14.8. The molecule has 13 N–H and O–H groups in total. The zero-order valence-corrected chi connectivity index (χ0v) is 45.3. The summed E-state index contributed by atoms with van der Waals surface area (Å²) in [4.78, 5) is 130. The molecule has 11 atom stereocenters. The number of nitrogens with zero attached hydrogens (tertiary/aromatic N) is 1. The van der Waals surface area contributed by atoms with Crippen molar-refractivity contribution in [3.63, 3.8) is 0 Å². The molecule has 9 amide bonds. The number of aliphatic hydroxyl groups excluding tert-OH is 1. The van der Waals surface area contributed by atoms with E-state index in [1.165, 1.54) is 4.90 Å². The molecule has 0 aliphatic carbocycles. The summed E-state index contributed by atoms with van der Waals surface area (Å²) in [6.45, 7) is 14.8. The number of hydrogen-bond acceptors (Lipinski definition) is 13. The number of aliphatic hydroxyl groups is 1. The third-order valence-electron chi connectivity index (χ3n) is 13.8. The number of ether oxygens (including phenoxy) is 1. The molecule has 0 saturated carbocycles. The fraction of sp³-hybridized carbons (Fsp3) is 0.717. The molecule has 3 fully saturated rings. The second-order valence-electron chi connectivity index (χ2n) is 21.8. The zero-order valence-electron chi connectivity index (χ0n) is 45.3. The molecule has 3 saturated heterocycles. The predicted octanol–water partition coefficient (Wildman–Crippen LogP) is -0.466. The van der Waals surface area contributed by atoms with Gasteiger partial charge in [0.05, 0.1) is 12.2 Å². The summed E-state index contributed by atoms with van der Waals surface area (Å²) in [7, 11) is 0. The number of fused-ring (bicyclic) bond motifs is 3. The van der Waals surface area contributed by atoms with Gasteiger partial charge in [0.25, 0.3) is 5.91 Å². The van der Waals surface area contributed by atoms with E-state index >= 15 is 0 Å². The van der Waals surface area contributed by atoms with Crippen molar-refractivity contribution >= 4 is 53.2 Å². The summed E-state index contributed by atoms with van der Waals surface area (Å²) in [6, 6.07) is -0.243. The summed E-state index contributed by atoms with van der Waals surface area (Å²) in [5, 5.41) is 33.4. The standard InChI is InChI=1S/C53H87N11O11/c1-29(2)25-37-45(66)56-28-34-20-21-41(65)44(75-34)52(73)63-43(32(7)8)51(72)58-36(18-13-23-55)47(68)60-38(26-30(3)4)48(69)61-39(27-33-15-10-9-11-16-33)53(74)64-24-14-19-40(64)49(70)62-42(31(5)6)50(71)57-35(17-12-22-54)46(67)59-37/h9-11,15-16,29-32,34-44,65H,12-14,17-28,54-55H2,1-8H3,(H,56,66)(H,57,71)(H,58,72)(H,59,67)(H,60,68)(H,61,69)(H,62,70)(H,63,73)/t34-,35+,36+,37+,38+,39-,40+,41+,42+,43+,44+/m1/s1. The number of carbonyl (C=O) groups is 9. The second-order valence-corrected chi connectivity index (χ2v) is 21.8. The van der Waals surface area contributed by atoms with Crippen molar-refractivity contribution in [2.75, 3.05) is 26.2 Å². The van der Waals surface area contributed by atoms with Crippen LogP contribution in [0.4, 0.5) is 0 Å². The van der Waals surface area contributed by atoms with Gasteiger partial charge in [-0.25, -0.2) is 0 Å². The zero-order chi connectivity index (χ0) is 55.5. The first kappa shape index (κ1) is 61.8. The molecule has 3 aliphatic heterocycles. The van der Waals surface area contributed by atoms with E-state index in [2.05, 4.69) is 42.5 Å². The maximum atomic E-state index is 14.8. The van der Waals surface area contributed by atoms with Gasteiger partial charge in [-0.15, -0.1) is 0 Å². The lowest BCUT2D eigenvalue weighted by Crippen LogP contribution is -2.61. The molecule has 2 bridgehead atoms. The third-order valence-corrected chi connectivity index (χ3v) is 13.8. The minimum atomic E-state index is -1.44. The number of nitrogens with one attached hydrogen (secondary N) is 8. The highest BCUT2D eigenvalue weighted by Crippen LogP contribution is 2.23. The fourth-order valence-electron chi connectivity index (χ4n) is 9.63. The molecule has 0 spiro atoms. The molecular weight excluding hydrogens is 967 g/mol. The molecule has 3 aliphatic rings. The van der Waals surface area contributed by atoms with Gasteiger partial charge in [-0.2, -0.15) is 0 Å². The largest absolute Gasteiger partial charge is 0.390 e. The Morgan fingerprint density at radius 3 is 1.56 bits per heavy atom. The fourth-order valence-corrected chi connectivity index (χ4v) is 9.63. The van der Waals surface area contributed by atoms with E-state index in [1.54, 1.807) is 52.0 Å². The Kier molecular flexibility index (Phi) is 24.8. The Bertz CT molecular complexity index is 2090. The van der Waals surface area contributed by atoms with Crippen LogP contribution in [0.15, 0.2) is 30.3 Å². The van der Waals surface area contributed by atoms with Gasteiger partial charge in [0.2, 0.25) is 47.3 Å². The van der Waals surface area contributed by atoms with Crippen LogP contribution in [0.1, 0.15) is 125 Å². The Labute approximate surface area is 442 Å². The van der Waals surface area contributed by atoms with Crippen molar-refractivity contribution in [3.05, 3.63) is 35.9 Å². The smallest absolute Gasteiger partial charge is 0.252 e. The van der Waals surface area contributed by atoms with Crippen LogP contribution < -0.4 is 54.0 Å². The third kappa shape index (κ3) is 18.8. The molecule has 1 aromatic rings. The Hall–Kier alpha value is -5.71. The molecule has 0 unspecified atom stereocenters. The lowest BCUT2D eigenvalue weighted by Gasteiger charge is -2.35. The van der Waals surface area contributed by atoms with E-state index in [0.717, 1.165) is 0 Å². The van der Waals surface area contributed by atoms with Crippen molar-refractivity contribution in [2.24, 2.45) is 35.1 Å². The Morgan fingerprint density at radius 2 is 1.05 bits per heavy atom. The lowest BCUT2D eigenvalue weighted by atomic mass is 9.97. The first-order valence-electron chi connectivity index (χ1n) is 27.0. The van der Waals surface area contributed by atoms with E-state index in [1.807, 2.05) is 33.8 Å². The SMILES string of the molecule is CC(C)C[C@@H]1NC(=O)[C@H](CCCN)NC(=O)[C@H](C(C)C)NC(=O)[C@@H]2CCCN2C(=O)[C@@H](Cc2ccccc2)NC(=O)[C@H](CC(C)C)NC(=O)[C@H](CCCN)NC(=O)[C@H](C(C)C)NC(=O)[C@H]2O[C@H](CC[C@@H]2O)CNC1=O. The van der Waals surface area contributed by atoms with Crippen LogP contribution >= 0.6 is 0 Å². The summed E-state index contributed by atoms with van der Waals surface area (Å²) < 4.78 is 6.06. The Morgan fingerprint density at radius 1 is 0.573 bits per heavy atom. The number of amides is 9. The van der Waals surface area contributed by atoms with Crippen molar-refractivity contribution < 1.29 is 53.0 Å². The van der Waals surface area contributed by atoms with E-state index in [0.29, 0.717) is 24.8 Å². The van der Waals surface area contributed by atoms with Gasteiger partial charge in [0.1, 0.15) is 48.3 Å². The van der Waals surface area contributed by atoms with Gasteiger partial charge in [-0.05, 0) is 107 Å². The van der Waals surface area contributed by atoms with Crippen LogP contribution in [0, 0.1) is 23.7 Å². The van der Waals surface area contributed by atoms with E-state index in [9.17, 15) is 48.3 Å². The van der Waals surface area contributed by atoms with Crippen LogP contribution in [0.2, 0.25) is 0 Å². The number of carbonyl (C=O) groups excluding carboxylic acids is 9. The summed E-state index contributed by atoms with van der Waals surface area (Å²) in [6.07, 6.45) is -1.15.